The summed E-state index contributed by atoms with van der Waals surface area (Å²) in [6.07, 6.45) is 7.75. The maximum atomic E-state index is 6.13. The maximum Gasteiger partial charge on any atom is 0.255 e. The number of hydrogen-bond acceptors (Lipinski definition) is 1. The van der Waals surface area contributed by atoms with Crippen molar-refractivity contribution in [3.05, 3.63) is 29.0 Å². The summed E-state index contributed by atoms with van der Waals surface area (Å²) in [5.74, 6) is 1.18. The van der Waals surface area contributed by atoms with E-state index in [1.807, 2.05) is 12.1 Å². The third-order valence-electron chi connectivity index (χ3n) is 4.33. The molecule has 0 aliphatic rings. The van der Waals surface area contributed by atoms with Gasteiger partial charge in [-0.25, -0.2) is 9.13 Å². The summed E-state index contributed by atoms with van der Waals surface area (Å²) in [6, 6.07) is 6.01. The summed E-state index contributed by atoms with van der Waals surface area (Å²) < 4.78 is 10.2. The van der Waals surface area contributed by atoms with Crippen LogP contribution in [-0.2, 0) is 18.5 Å². The highest BCUT2D eigenvalue weighted by Crippen LogP contribution is 2.19. The van der Waals surface area contributed by atoms with Crippen molar-refractivity contribution in [2.45, 2.75) is 59.1 Å². The van der Waals surface area contributed by atoms with Crippen LogP contribution in [-0.4, -0.2) is 11.2 Å². The minimum absolute atomic E-state index is 0. The largest absolute Gasteiger partial charge is 1.00 e. The van der Waals surface area contributed by atoms with E-state index in [1.54, 1.807) is 0 Å². The summed E-state index contributed by atoms with van der Waals surface area (Å²) in [5.41, 5.74) is 2.32. The lowest BCUT2D eigenvalue weighted by atomic mass is 10.1. The van der Waals surface area contributed by atoms with Crippen LogP contribution >= 0.6 is 11.6 Å². The highest BCUT2D eigenvalue weighted by molar-refractivity contribution is 6.31. The standard InChI is InChI=1S/C18H28ClN2O.ClH/c1-4-5-6-7-8-9-12-22-14-21-15(2)20(3)17-11-10-16(19)13-18(17)21;/h10-11,13H,4-9,12,14H2,1-3H3;1H/q+1;/p-1. The SMILES string of the molecule is CCCCCCCCOCn1c(C)[n+](C)c2ccc(Cl)cc21.[Cl-]. The first-order chi connectivity index (χ1) is 10.6. The minimum atomic E-state index is 0. The fraction of sp³-hybridized carbons (Fsp3) is 0.611. The Balaban J connectivity index is 0.00000264. The van der Waals surface area contributed by atoms with Crippen LogP contribution in [0.5, 0.6) is 0 Å². The first kappa shape index (κ1) is 20.3. The fourth-order valence-corrected chi connectivity index (χ4v) is 3.00. The number of aryl methyl sites for hydroxylation is 1. The molecule has 0 spiro atoms. The van der Waals surface area contributed by atoms with Crippen LogP contribution in [0.15, 0.2) is 18.2 Å². The van der Waals surface area contributed by atoms with Crippen molar-refractivity contribution >= 4 is 22.6 Å². The van der Waals surface area contributed by atoms with E-state index in [9.17, 15) is 0 Å². The molecule has 130 valence electrons. The van der Waals surface area contributed by atoms with Gasteiger partial charge in [0.15, 0.2) is 17.8 Å². The van der Waals surface area contributed by atoms with Gasteiger partial charge in [0.25, 0.3) is 5.82 Å². The van der Waals surface area contributed by atoms with Crippen LogP contribution in [0.4, 0.5) is 0 Å². The van der Waals surface area contributed by atoms with Gasteiger partial charge in [-0.2, -0.15) is 0 Å². The van der Waals surface area contributed by atoms with Gasteiger partial charge in [0.05, 0.1) is 13.7 Å². The maximum absolute atomic E-state index is 6.13. The number of rotatable bonds is 9. The van der Waals surface area contributed by atoms with Gasteiger partial charge >= 0.3 is 0 Å². The molecular weight excluding hydrogens is 331 g/mol. The van der Waals surface area contributed by atoms with Crippen molar-refractivity contribution in [2.24, 2.45) is 7.05 Å². The minimum Gasteiger partial charge on any atom is -1.00 e. The normalized spacial score (nSPS) is 11.0. The van der Waals surface area contributed by atoms with Crippen LogP contribution in [0.2, 0.25) is 5.02 Å². The van der Waals surface area contributed by atoms with Crippen molar-refractivity contribution in [1.29, 1.82) is 0 Å². The Labute approximate surface area is 151 Å². The zero-order valence-electron chi connectivity index (χ0n) is 14.4. The average molecular weight is 359 g/mol. The Morgan fingerprint density at radius 2 is 1.83 bits per heavy atom. The predicted molar refractivity (Wildman–Crippen MR) is 92.2 cm³/mol. The smallest absolute Gasteiger partial charge is 0.255 e. The van der Waals surface area contributed by atoms with E-state index in [2.05, 4.69) is 36.1 Å². The molecule has 1 heterocycles. The average Bonchev–Trinajstić information content (AvgIpc) is 2.74. The van der Waals surface area contributed by atoms with Crippen LogP contribution < -0.4 is 17.0 Å². The van der Waals surface area contributed by atoms with Gasteiger partial charge in [0.2, 0.25) is 0 Å². The Bertz CT molecular complexity index is 611. The van der Waals surface area contributed by atoms with Crippen LogP contribution in [0.1, 0.15) is 51.3 Å². The first-order valence-corrected chi connectivity index (χ1v) is 8.75. The van der Waals surface area contributed by atoms with Crippen LogP contribution in [0, 0.1) is 6.92 Å². The molecule has 0 unspecified atom stereocenters. The van der Waals surface area contributed by atoms with Crippen molar-refractivity contribution < 1.29 is 21.7 Å². The Hall–Kier alpha value is -0.770. The van der Waals surface area contributed by atoms with Gasteiger partial charge in [0, 0.05) is 18.0 Å². The van der Waals surface area contributed by atoms with E-state index in [4.69, 9.17) is 16.3 Å². The Kier molecular flexibility index (Phi) is 8.96. The highest BCUT2D eigenvalue weighted by atomic mass is 35.5. The number of fused-ring (bicyclic) bond motifs is 1. The lowest BCUT2D eigenvalue weighted by Crippen LogP contribution is -3.00. The number of imidazole rings is 1. The van der Waals surface area contributed by atoms with E-state index in [0.29, 0.717) is 6.73 Å². The predicted octanol–water partition coefficient (Wildman–Crippen LogP) is 1.77. The first-order valence-electron chi connectivity index (χ1n) is 8.37. The second-order valence-electron chi connectivity index (χ2n) is 5.97. The summed E-state index contributed by atoms with van der Waals surface area (Å²) in [4.78, 5) is 0. The van der Waals surface area contributed by atoms with Crippen molar-refractivity contribution in [2.75, 3.05) is 6.61 Å². The molecule has 2 aromatic rings. The quantitative estimate of drug-likeness (QED) is 0.493. The fourth-order valence-electron chi connectivity index (χ4n) is 2.83. The highest BCUT2D eigenvalue weighted by Gasteiger charge is 2.19. The molecule has 0 saturated carbocycles. The van der Waals surface area contributed by atoms with E-state index < -0.39 is 0 Å². The molecule has 5 heteroatoms. The number of halogens is 2. The summed E-state index contributed by atoms with van der Waals surface area (Å²) in [5, 5.41) is 0.766. The van der Waals surface area contributed by atoms with Gasteiger partial charge in [0.1, 0.15) is 0 Å². The molecule has 23 heavy (non-hydrogen) atoms. The van der Waals surface area contributed by atoms with Gasteiger partial charge in [-0.15, -0.1) is 0 Å². The number of benzene rings is 1. The van der Waals surface area contributed by atoms with Crippen molar-refractivity contribution in [3.63, 3.8) is 0 Å². The molecule has 1 aromatic heterocycles. The molecule has 1 aromatic carbocycles. The zero-order chi connectivity index (χ0) is 15.9. The van der Waals surface area contributed by atoms with Crippen LogP contribution in [0.3, 0.4) is 0 Å². The van der Waals surface area contributed by atoms with Crippen molar-refractivity contribution in [1.82, 2.24) is 4.57 Å². The number of ether oxygens (including phenoxy) is 1. The third-order valence-corrected chi connectivity index (χ3v) is 4.56. The summed E-state index contributed by atoms with van der Waals surface area (Å²) in [7, 11) is 2.08. The van der Waals surface area contributed by atoms with E-state index >= 15 is 0 Å². The molecule has 0 amide bonds. The van der Waals surface area contributed by atoms with E-state index in [-0.39, 0.29) is 12.4 Å². The molecule has 0 bridgehead atoms. The second kappa shape index (κ2) is 10.2. The molecule has 2 rings (SSSR count). The van der Waals surface area contributed by atoms with Gasteiger partial charge < -0.3 is 17.1 Å². The molecule has 0 radical (unpaired) electrons. The topological polar surface area (TPSA) is 18.0 Å². The lowest BCUT2D eigenvalue weighted by molar-refractivity contribution is -0.652. The van der Waals surface area contributed by atoms with Gasteiger partial charge in [-0.3, -0.25) is 0 Å². The summed E-state index contributed by atoms with van der Waals surface area (Å²) >= 11 is 6.13. The third kappa shape index (κ3) is 5.37. The number of aromatic nitrogens is 2. The number of nitrogens with zero attached hydrogens (tertiary/aromatic N) is 2. The molecule has 0 atom stereocenters. The summed E-state index contributed by atoms with van der Waals surface area (Å²) in [6.45, 7) is 5.79. The second-order valence-corrected chi connectivity index (χ2v) is 6.41. The van der Waals surface area contributed by atoms with E-state index in [1.165, 1.54) is 43.4 Å². The molecule has 3 nitrogen and oxygen atoms in total. The molecule has 0 aliphatic heterocycles. The number of unbranched alkanes of at least 4 members (excludes halogenated alkanes) is 5. The molecular formula is C18H28Cl2N2O. The lowest BCUT2D eigenvalue weighted by Gasteiger charge is -2.04. The number of hydrogen-bond donors (Lipinski definition) is 0. The molecule has 0 aliphatic carbocycles. The zero-order valence-corrected chi connectivity index (χ0v) is 16.0. The van der Waals surface area contributed by atoms with Crippen LogP contribution in [0.25, 0.3) is 11.0 Å². The Morgan fingerprint density at radius 3 is 2.57 bits per heavy atom. The Morgan fingerprint density at radius 1 is 1.13 bits per heavy atom. The van der Waals surface area contributed by atoms with Crippen molar-refractivity contribution in [3.8, 4) is 0 Å². The monoisotopic (exact) mass is 358 g/mol. The molecule has 0 fully saturated rings. The van der Waals surface area contributed by atoms with Gasteiger partial charge in [-0.1, -0.05) is 50.6 Å². The molecule has 0 saturated heterocycles. The molecule has 0 N–H and O–H groups in total. The van der Waals surface area contributed by atoms with E-state index in [0.717, 1.165) is 23.6 Å². The van der Waals surface area contributed by atoms with Gasteiger partial charge in [-0.05, 0) is 18.6 Å².